The highest BCUT2D eigenvalue weighted by Crippen LogP contribution is 2.08. The maximum Gasteiger partial charge on any atom is 0.0837 e. The molecule has 1 aliphatic rings. The summed E-state index contributed by atoms with van der Waals surface area (Å²) >= 11 is 0. The monoisotopic (exact) mass is 302 g/mol. The van der Waals surface area contributed by atoms with Gasteiger partial charge in [-0.2, -0.15) is 0 Å². The van der Waals surface area contributed by atoms with E-state index >= 15 is 0 Å². The molecule has 2 aromatic rings. The second kappa shape index (κ2) is 6.41. The van der Waals surface area contributed by atoms with Crippen LogP contribution < -0.4 is 10.4 Å². The van der Waals surface area contributed by atoms with E-state index in [1.165, 1.54) is 27.1 Å². The van der Waals surface area contributed by atoms with Crippen LogP contribution in [0.4, 0.5) is 0 Å². The third-order valence-corrected chi connectivity index (χ3v) is 7.03. The molecule has 3 rings (SSSR count). The fourth-order valence-corrected chi connectivity index (χ4v) is 5.43. The van der Waals surface area contributed by atoms with Gasteiger partial charge in [0, 0.05) is 0 Å². The van der Waals surface area contributed by atoms with Crippen molar-refractivity contribution in [3.8, 4) is 0 Å². The van der Waals surface area contributed by atoms with Gasteiger partial charge in [0.25, 0.3) is 0 Å². The quantitative estimate of drug-likeness (QED) is 0.744. The van der Waals surface area contributed by atoms with Crippen LogP contribution >= 0.6 is 0 Å². The molecule has 22 heavy (non-hydrogen) atoms. The van der Waals surface area contributed by atoms with E-state index in [0.717, 1.165) is 6.42 Å². The molecule has 0 amide bonds. The first-order valence-electron chi connectivity index (χ1n) is 7.85. The Hall–Kier alpha value is -1.99. The van der Waals surface area contributed by atoms with E-state index in [-0.39, 0.29) is 0 Å². The van der Waals surface area contributed by atoms with E-state index in [4.69, 9.17) is 0 Å². The maximum absolute atomic E-state index is 2.35. The molecule has 2 aromatic carbocycles. The number of aryl methyl sites for hydroxylation is 2. The van der Waals surface area contributed by atoms with Gasteiger partial charge in [0.1, 0.15) is 0 Å². The van der Waals surface area contributed by atoms with E-state index in [1.54, 1.807) is 5.17 Å². The van der Waals surface area contributed by atoms with Crippen molar-refractivity contribution in [3.63, 3.8) is 0 Å². The van der Waals surface area contributed by atoms with Crippen molar-refractivity contribution in [2.24, 2.45) is 0 Å². The fraction of sp³-hybridized carbons (Fsp3) is 0.190. The Morgan fingerprint density at radius 2 is 1.18 bits per heavy atom. The Morgan fingerprint density at radius 3 is 1.59 bits per heavy atom. The molecule has 110 valence electrons. The van der Waals surface area contributed by atoms with Crippen LogP contribution in [0.15, 0.2) is 72.3 Å². The summed E-state index contributed by atoms with van der Waals surface area (Å²) in [6.07, 6.45) is 8.04. The molecular weight excluding hydrogens is 280 g/mol. The maximum atomic E-state index is 2.35. The summed E-state index contributed by atoms with van der Waals surface area (Å²) in [6.45, 7) is 6.49. The van der Waals surface area contributed by atoms with Crippen LogP contribution in [0.25, 0.3) is 0 Å². The van der Waals surface area contributed by atoms with Gasteiger partial charge in [-0.25, -0.2) is 0 Å². The molecular formula is C21H22Si. The minimum absolute atomic E-state index is 0.871. The number of benzene rings is 2. The van der Waals surface area contributed by atoms with Crippen LogP contribution in [0.5, 0.6) is 0 Å². The number of hydrogen-bond acceptors (Lipinski definition) is 0. The highest BCUT2D eigenvalue weighted by molar-refractivity contribution is 6.93. The largest absolute Gasteiger partial charge is 0.0837 e. The molecule has 0 aliphatic heterocycles. The van der Waals surface area contributed by atoms with E-state index in [9.17, 15) is 0 Å². The first-order valence-corrected chi connectivity index (χ1v) is 9.35. The zero-order valence-electron chi connectivity index (χ0n) is 13.6. The molecule has 0 heterocycles. The number of hydrogen-bond donors (Lipinski definition) is 0. The third kappa shape index (κ3) is 3.25. The standard InChI is InChI=1S/C21H22Si/c1-16-4-10-19(11-5-16)22(20-12-6-17(2)7-13-20)21-14-8-18(3)9-15-21/h4-14H,15H2,1-3H3. The normalized spacial score (nSPS) is 14.0. The fourth-order valence-electron chi connectivity index (χ4n) is 2.80. The molecule has 0 saturated heterocycles. The highest BCUT2D eigenvalue weighted by atomic mass is 28.2. The number of allylic oxidation sites excluding steroid dienone is 4. The Morgan fingerprint density at radius 1 is 0.682 bits per heavy atom. The first-order chi connectivity index (χ1) is 10.6. The van der Waals surface area contributed by atoms with Gasteiger partial charge < -0.3 is 0 Å². The van der Waals surface area contributed by atoms with Gasteiger partial charge >= 0.3 is 0 Å². The molecule has 0 radical (unpaired) electrons. The Balaban J connectivity index is 2.14. The molecule has 0 spiro atoms. The predicted octanol–water partition coefficient (Wildman–Crippen LogP) is 3.57. The lowest BCUT2D eigenvalue weighted by Crippen LogP contribution is -2.40. The smallest absolute Gasteiger partial charge is 0.0776 e. The van der Waals surface area contributed by atoms with E-state index < -0.39 is 8.41 Å². The van der Waals surface area contributed by atoms with Crippen molar-refractivity contribution in [1.29, 1.82) is 0 Å². The Labute approximate surface area is 135 Å². The van der Waals surface area contributed by atoms with Crippen LogP contribution in [-0.2, 0) is 0 Å². The Bertz CT molecular complexity index is 709. The van der Waals surface area contributed by atoms with E-state index in [0.29, 0.717) is 0 Å². The molecule has 0 aromatic heterocycles. The van der Waals surface area contributed by atoms with Crippen LogP contribution in [0.2, 0.25) is 0 Å². The summed E-state index contributed by atoms with van der Waals surface area (Å²) in [4.78, 5) is 0. The van der Waals surface area contributed by atoms with Gasteiger partial charge in [0.15, 0.2) is 0 Å². The zero-order valence-corrected chi connectivity index (χ0v) is 14.6. The summed E-state index contributed by atoms with van der Waals surface area (Å²) in [5, 5.41) is 4.53. The second-order valence-corrected chi connectivity index (χ2v) is 8.66. The molecule has 0 unspecified atom stereocenters. The average Bonchev–Trinajstić information content (AvgIpc) is 2.53. The molecule has 0 saturated carbocycles. The van der Waals surface area contributed by atoms with Crippen LogP contribution in [0.3, 0.4) is 0 Å². The third-order valence-electron chi connectivity index (χ3n) is 4.19. The van der Waals surface area contributed by atoms with Crippen LogP contribution in [0.1, 0.15) is 24.5 Å². The summed E-state index contributed by atoms with van der Waals surface area (Å²) in [6, 6.07) is 18.2. The van der Waals surface area contributed by atoms with E-state index in [1.807, 2.05) is 0 Å². The molecule has 1 aliphatic carbocycles. The van der Waals surface area contributed by atoms with Crippen molar-refractivity contribution >= 4 is 24.0 Å². The molecule has 0 atom stereocenters. The van der Waals surface area contributed by atoms with Gasteiger partial charge in [-0.05, 0) is 37.6 Å². The summed E-state index contributed by atoms with van der Waals surface area (Å²) in [7, 11) is -0.871. The highest BCUT2D eigenvalue weighted by Gasteiger charge is 2.12. The van der Waals surface area contributed by atoms with E-state index in [2.05, 4.69) is 87.5 Å². The predicted molar refractivity (Wildman–Crippen MR) is 99.9 cm³/mol. The lowest BCUT2D eigenvalue weighted by atomic mass is 10.1. The van der Waals surface area contributed by atoms with Gasteiger partial charge in [0.2, 0.25) is 0 Å². The molecule has 0 bridgehead atoms. The Kier molecular flexibility index (Phi) is 4.35. The second-order valence-electron chi connectivity index (χ2n) is 6.12. The van der Waals surface area contributed by atoms with Gasteiger partial charge in [-0.3, -0.25) is 0 Å². The van der Waals surface area contributed by atoms with Crippen molar-refractivity contribution in [3.05, 3.63) is 83.5 Å². The topological polar surface area (TPSA) is 0 Å². The zero-order chi connectivity index (χ0) is 15.5. The minimum Gasteiger partial charge on any atom is -0.0776 e. The van der Waals surface area contributed by atoms with Crippen molar-refractivity contribution < 1.29 is 0 Å². The lowest BCUT2D eigenvalue weighted by Gasteiger charge is -2.15. The van der Waals surface area contributed by atoms with Crippen molar-refractivity contribution in [2.45, 2.75) is 27.2 Å². The molecule has 0 N–H and O–H groups in total. The summed E-state index contributed by atoms with van der Waals surface area (Å²) < 4.78 is 0. The minimum atomic E-state index is -0.871. The van der Waals surface area contributed by atoms with Crippen molar-refractivity contribution in [1.82, 2.24) is 0 Å². The van der Waals surface area contributed by atoms with Crippen molar-refractivity contribution in [2.75, 3.05) is 0 Å². The molecule has 0 nitrogen and oxygen atoms in total. The summed E-state index contributed by atoms with van der Waals surface area (Å²) in [5.74, 6) is 0. The van der Waals surface area contributed by atoms with Crippen LogP contribution in [-0.4, -0.2) is 13.6 Å². The summed E-state index contributed by atoms with van der Waals surface area (Å²) in [5.41, 5.74) is 4.03. The SMILES string of the molecule is CC1=CCC(=[Si](c2ccc(C)cc2)c2ccc(C)cc2)C=C1. The van der Waals surface area contributed by atoms with Gasteiger partial charge in [0.05, 0.1) is 8.41 Å². The average molecular weight is 302 g/mol. The molecule has 1 heteroatoms. The van der Waals surface area contributed by atoms with Crippen LogP contribution in [0, 0.1) is 13.8 Å². The van der Waals surface area contributed by atoms with Gasteiger partial charge in [-0.15, -0.1) is 0 Å². The lowest BCUT2D eigenvalue weighted by molar-refractivity contribution is 1.38. The molecule has 0 fully saturated rings. The first kappa shape index (κ1) is 14.9. The number of rotatable bonds is 2. The van der Waals surface area contributed by atoms with Gasteiger partial charge in [-0.1, -0.05) is 88.6 Å².